The van der Waals surface area contributed by atoms with E-state index in [9.17, 15) is 14.9 Å². The van der Waals surface area contributed by atoms with Crippen LogP contribution in [0.25, 0.3) is 0 Å². The number of hydrogen-bond acceptors (Lipinski definition) is 5. The number of nitrogens with zero attached hydrogens (tertiary/aromatic N) is 1. The number of nitro groups is 1. The van der Waals surface area contributed by atoms with E-state index in [2.05, 4.69) is 0 Å². The van der Waals surface area contributed by atoms with E-state index in [1.807, 2.05) is 0 Å². The Balaban J connectivity index is 1.60. The summed E-state index contributed by atoms with van der Waals surface area (Å²) in [6.07, 6.45) is 0.211. The van der Waals surface area contributed by atoms with Gasteiger partial charge in [0.1, 0.15) is 24.2 Å². The van der Waals surface area contributed by atoms with Crippen molar-refractivity contribution in [1.29, 1.82) is 0 Å². The van der Waals surface area contributed by atoms with Gasteiger partial charge in [0.15, 0.2) is 0 Å². The third-order valence-electron chi connectivity index (χ3n) is 3.67. The second kappa shape index (κ2) is 6.57. The lowest BCUT2D eigenvalue weighted by molar-refractivity contribution is -0.384. The maximum absolute atomic E-state index is 10.8. The zero-order valence-electron chi connectivity index (χ0n) is 12.6. The predicted octanol–water partition coefficient (Wildman–Crippen LogP) is 3.03. The van der Waals surface area contributed by atoms with E-state index in [1.54, 1.807) is 36.4 Å². The minimum atomic E-state index is -0.849. The topological polar surface area (TPSA) is 98.9 Å². The molecule has 1 aliphatic rings. The Bertz CT molecular complexity index is 775. The van der Waals surface area contributed by atoms with Crippen LogP contribution < -0.4 is 9.47 Å². The molecule has 1 N–H and O–H groups in total. The van der Waals surface area contributed by atoms with E-state index in [4.69, 9.17) is 14.6 Å². The van der Waals surface area contributed by atoms with Crippen LogP contribution in [0.3, 0.4) is 0 Å². The highest BCUT2D eigenvalue weighted by Crippen LogP contribution is 2.35. The van der Waals surface area contributed by atoms with Crippen molar-refractivity contribution in [3.63, 3.8) is 0 Å². The Labute approximate surface area is 137 Å². The van der Waals surface area contributed by atoms with Gasteiger partial charge in [-0.25, -0.2) is 0 Å². The molecule has 0 radical (unpaired) electrons. The van der Waals surface area contributed by atoms with Crippen LogP contribution in [0, 0.1) is 16.0 Å². The molecule has 0 aliphatic heterocycles. The van der Waals surface area contributed by atoms with Gasteiger partial charge in [-0.15, -0.1) is 0 Å². The average molecular weight is 329 g/mol. The smallest absolute Gasteiger partial charge is 0.310 e. The highest BCUT2D eigenvalue weighted by Gasteiger charge is 2.45. The third kappa shape index (κ3) is 3.81. The lowest BCUT2D eigenvalue weighted by Crippen LogP contribution is -2.07. The van der Waals surface area contributed by atoms with Crippen molar-refractivity contribution in [3.05, 3.63) is 64.2 Å². The molecule has 1 unspecified atom stereocenters. The first-order valence-corrected chi connectivity index (χ1v) is 7.38. The van der Waals surface area contributed by atoms with E-state index in [0.29, 0.717) is 23.5 Å². The van der Waals surface area contributed by atoms with Crippen LogP contribution >= 0.6 is 0 Å². The Morgan fingerprint density at radius 2 is 1.96 bits per heavy atom. The first-order chi connectivity index (χ1) is 11.5. The van der Waals surface area contributed by atoms with E-state index in [1.165, 1.54) is 12.1 Å². The highest BCUT2D eigenvalue weighted by atomic mass is 16.6. The average Bonchev–Trinajstić information content (AvgIpc) is 3.33. The molecular weight excluding hydrogens is 314 g/mol. The van der Waals surface area contributed by atoms with Crippen LogP contribution in [0.5, 0.6) is 11.5 Å². The summed E-state index contributed by atoms with van der Waals surface area (Å²) in [6.45, 7) is 0.187. The second-order valence-electron chi connectivity index (χ2n) is 5.53. The van der Waals surface area contributed by atoms with Crippen LogP contribution in [0.15, 0.2) is 48.5 Å². The fraction of sp³-hybridized carbons (Fsp3) is 0.235. The summed E-state index contributed by atoms with van der Waals surface area (Å²) >= 11 is 0. The molecule has 0 saturated heterocycles. The minimum Gasteiger partial charge on any atom is -0.489 e. The van der Waals surface area contributed by atoms with Crippen molar-refractivity contribution in [3.8, 4) is 11.5 Å². The summed E-state index contributed by atoms with van der Waals surface area (Å²) in [6, 6.07) is 13.1. The van der Waals surface area contributed by atoms with Gasteiger partial charge in [0, 0.05) is 24.6 Å². The van der Waals surface area contributed by atoms with Gasteiger partial charge >= 0.3 is 5.97 Å². The molecule has 2 aromatic rings. The van der Waals surface area contributed by atoms with Crippen LogP contribution in [0.2, 0.25) is 0 Å². The molecule has 124 valence electrons. The molecule has 1 aliphatic carbocycles. The first-order valence-electron chi connectivity index (χ1n) is 7.38. The maximum Gasteiger partial charge on any atom is 0.310 e. The molecule has 7 nitrogen and oxygen atoms in total. The van der Waals surface area contributed by atoms with E-state index < -0.39 is 16.8 Å². The number of carboxylic acids is 1. The fourth-order valence-corrected chi connectivity index (χ4v) is 2.30. The number of carboxylic acid groups (broad SMARTS) is 1. The van der Waals surface area contributed by atoms with E-state index in [0.717, 1.165) is 0 Å². The first kappa shape index (κ1) is 15.8. The van der Waals surface area contributed by atoms with Gasteiger partial charge in [0.2, 0.25) is 0 Å². The summed E-state index contributed by atoms with van der Waals surface area (Å²) in [5, 5.41) is 19.6. The molecule has 1 saturated carbocycles. The van der Waals surface area contributed by atoms with Crippen molar-refractivity contribution < 1.29 is 24.3 Å². The minimum absolute atomic E-state index is 0.0154. The van der Waals surface area contributed by atoms with Crippen molar-refractivity contribution in [2.45, 2.75) is 19.1 Å². The van der Waals surface area contributed by atoms with Crippen LogP contribution in [-0.2, 0) is 11.4 Å². The molecule has 0 bridgehead atoms. The van der Waals surface area contributed by atoms with Crippen molar-refractivity contribution in [1.82, 2.24) is 0 Å². The molecule has 0 aromatic heterocycles. The largest absolute Gasteiger partial charge is 0.489 e. The molecular formula is C17H15NO6. The van der Waals surface area contributed by atoms with Gasteiger partial charge in [0.25, 0.3) is 5.69 Å². The van der Waals surface area contributed by atoms with Gasteiger partial charge in [-0.2, -0.15) is 0 Å². The lowest BCUT2D eigenvalue weighted by atomic mass is 10.2. The van der Waals surface area contributed by atoms with Gasteiger partial charge in [-0.1, -0.05) is 18.2 Å². The number of ether oxygens (including phenoxy) is 2. The van der Waals surface area contributed by atoms with Crippen LogP contribution in [-0.4, -0.2) is 22.1 Å². The van der Waals surface area contributed by atoms with Crippen LogP contribution in [0.1, 0.15) is 12.0 Å². The fourth-order valence-electron chi connectivity index (χ4n) is 2.30. The van der Waals surface area contributed by atoms with Crippen LogP contribution in [0.4, 0.5) is 5.69 Å². The van der Waals surface area contributed by atoms with E-state index >= 15 is 0 Å². The zero-order valence-corrected chi connectivity index (χ0v) is 12.6. The Morgan fingerprint density at radius 3 is 2.67 bits per heavy atom. The summed E-state index contributed by atoms with van der Waals surface area (Å²) in [7, 11) is 0. The van der Waals surface area contributed by atoms with Gasteiger partial charge in [-0.05, 0) is 17.7 Å². The molecule has 0 heterocycles. The number of hydrogen-bond donors (Lipinski definition) is 1. The number of nitro benzene ring substituents is 1. The predicted molar refractivity (Wildman–Crippen MR) is 84.0 cm³/mol. The molecule has 0 amide bonds. The van der Waals surface area contributed by atoms with Crippen molar-refractivity contribution in [2.24, 2.45) is 5.92 Å². The zero-order chi connectivity index (χ0) is 17.1. The molecule has 1 fully saturated rings. The number of benzene rings is 2. The second-order valence-corrected chi connectivity index (χ2v) is 5.53. The van der Waals surface area contributed by atoms with Gasteiger partial charge in [0.05, 0.1) is 10.8 Å². The molecule has 0 spiro atoms. The molecule has 3 rings (SSSR count). The number of rotatable bonds is 7. The lowest BCUT2D eigenvalue weighted by Gasteiger charge is -2.09. The Morgan fingerprint density at radius 1 is 1.21 bits per heavy atom. The summed E-state index contributed by atoms with van der Waals surface area (Å²) in [5.74, 6) is -0.204. The van der Waals surface area contributed by atoms with E-state index in [-0.39, 0.29) is 18.4 Å². The standard InChI is InChI=1S/C17H15NO6/c19-17(20)15-9-16(15)24-14-6-2-5-13(8-14)23-10-11-3-1-4-12(7-11)18(21)22/h1-8,15-16H,9-10H2,(H,19,20)/t15?,16-/m1/s1. The Kier molecular flexibility index (Phi) is 4.33. The Hall–Kier alpha value is -3.09. The van der Waals surface area contributed by atoms with Gasteiger partial charge < -0.3 is 14.6 Å². The highest BCUT2D eigenvalue weighted by molar-refractivity contribution is 5.74. The molecule has 2 aromatic carbocycles. The number of carbonyl (C=O) groups is 1. The number of non-ortho nitro benzene ring substituents is 1. The molecule has 2 atom stereocenters. The third-order valence-corrected chi connectivity index (χ3v) is 3.67. The van der Waals surface area contributed by atoms with Crippen molar-refractivity contribution >= 4 is 11.7 Å². The van der Waals surface area contributed by atoms with Crippen molar-refractivity contribution in [2.75, 3.05) is 0 Å². The summed E-state index contributed by atoms with van der Waals surface area (Å²) in [5.41, 5.74) is 0.699. The SMILES string of the molecule is O=C(O)C1C[C@H]1Oc1cccc(OCc2cccc([N+](=O)[O-])c2)c1. The molecule has 7 heteroatoms. The molecule has 24 heavy (non-hydrogen) atoms. The monoisotopic (exact) mass is 329 g/mol. The normalized spacial score (nSPS) is 18.7. The maximum atomic E-state index is 10.8. The summed E-state index contributed by atoms with van der Waals surface area (Å²) in [4.78, 5) is 21.1. The van der Waals surface area contributed by atoms with Gasteiger partial charge in [-0.3, -0.25) is 14.9 Å². The number of aliphatic carboxylic acids is 1. The quantitative estimate of drug-likeness (QED) is 0.619. The summed E-state index contributed by atoms with van der Waals surface area (Å²) < 4.78 is 11.2.